The Kier molecular flexibility index (Phi) is 2.28. The minimum atomic E-state index is -1.11. The van der Waals surface area contributed by atoms with E-state index < -0.39 is 11.2 Å². The van der Waals surface area contributed by atoms with Crippen LogP contribution in [0, 0.1) is 22.7 Å². The summed E-state index contributed by atoms with van der Waals surface area (Å²) in [5.41, 5.74) is -0.532. The molecule has 1 heterocycles. The highest BCUT2D eigenvalue weighted by Gasteiger charge is 2.71. The normalized spacial score (nSPS) is 53.3. The molecule has 3 rings (SSSR count). The Bertz CT molecular complexity index is 432. The van der Waals surface area contributed by atoms with Crippen LogP contribution in [0.25, 0.3) is 0 Å². The van der Waals surface area contributed by atoms with Gasteiger partial charge in [-0.15, -0.1) is 0 Å². The highest BCUT2D eigenvalue weighted by molar-refractivity contribution is 5.74. The molecule has 0 radical (unpaired) electrons. The summed E-state index contributed by atoms with van der Waals surface area (Å²) < 4.78 is 10.6. The van der Waals surface area contributed by atoms with Gasteiger partial charge in [0.05, 0.1) is 19.6 Å². The molecule has 0 aromatic carbocycles. The number of carbonyl (C=O) groups excluding carboxylic acids is 1. The van der Waals surface area contributed by atoms with Gasteiger partial charge in [-0.2, -0.15) is 0 Å². The largest absolute Gasteiger partial charge is 0.469 e. The Hall–Kier alpha value is -0.870. The first-order valence-corrected chi connectivity index (χ1v) is 6.51. The third kappa shape index (κ3) is 1.11. The molecule has 1 saturated heterocycles. The van der Waals surface area contributed by atoms with Gasteiger partial charge in [0, 0.05) is 17.8 Å². The molecule has 2 fully saturated rings. The van der Waals surface area contributed by atoms with Crippen molar-refractivity contribution in [2.45, 2.75) is 32.5 Å². The van der Waals surface area contributed by atoms with E-state index in [0.717, 1.165) is 6.42 Å². The van der Waals surface area contributed by atoms with Crippen LogP contribution >= 0.6 is 0 Å². The molecule has 1 N–H and O–H groups in total. The molecule has 2 aliphatic carbocycles. The molecule has 0 bridgehead atoms. The molecular formula is C14H20O4. The van der Waals surface area contributed by atoms with E-state index >= 15 is 0 Å². The Labute approximate surface area is 107 Å². The summed E-state index contributed by atoms with van der Waals surface area (Å²) in [6, 6.07) is 0. The summed E-state index contributed by atoms with van der Waals surface area (Å²) in [4.78, 5) is 11.9. The van der Waals surface area contributed by atoms with Crippen molar-refractivity contribution in [3.05, 3.63) is 12.2 Å². The maximum atomic E-state index is 11.9. The standard InChI is InChI=1S/C14H20O4/c1-12-5-4-10-9(11(15)17-3)8-18-14(16,7-6-12)13(10,12)2/h4-5,9-10,16H,6-8H2,1-3H3/t9?,10-,12?,13?,14?/m1/s1. The molecule has 5 atom stereocenters. The average Bonchev–Trinajstić information content (AvgIpc) is 2.74. The minimum Gasteiger partial charge on any atom is -0.469 e. The summed E-state index contributed by atoms with van der Waals surface area (Å²) in [6.07, 6.45) is 5.75. The van der Waals surface area contributed by atoms with Gasteiger partial charge in [-0.25, -0.2) is 0 Å². The van der Waals surface area contributed by atoms with E-state index in [2.05, 4.69) is 19.1 Å². The van der Waals surface area contributed by atoms with Crippen molar-refractivity contribution in [3.8, 4) is 0 Å². The molecule has 18 heavy (non-hydrogen) atoms. The maximum absolute atomic E-state index is 11.9. The van der Waals surface area contributed by atoms with Crippen LogP contribution in [0.3, 0.4) is 0 Å². The highest BCUT2D eigenvalue weighted by atomic mass is 16.6. The number of rotatable bonds is 1. The predicted molar refractivity (Wildman–Crippen MR) is 64.5 cm³/mol. The molecule has 0 aromatic rings. The Morgan fingerprint density at radius 3 is 2.83 bits per heavy atom. The van der Waals surface area contributed by atoms with Crippen LogP contribution in [0.1, 0.15) is 26.7 Å². The molecule has 0 amide bonds. The Balaban J connectivity index is 2.05. The van der Waals surface area contributed by atoms with E-state index in [-0.39, 0.29) is 29.8 Å². The van der Waals surface area contributed by atoms with Gasteiger partial charge >= 0.3 is 5.97 Å². The molecule has 3 aliphatic rings. The van der Waals surface area contributed by atoms with Gasteiger partial charge < -0.3 is 14.6 Å². The number of aliphatic hydroxyl groups is 1. The summed E-state index contributed by atoms with van der Waals surface area (Å²) in [6.45, 7) is 4.42. The van der Waals surface area contributed by atoms with Gasteiger partial charge in [-0.1, -0.05) is 26.0 Å². The fourth-order valence-electron chi connectivity index (χ4n) is 4.26. The number of hydrogen-bond donors (Lipinski definition) is 1. The van der Waals surface area contributed by atoms with E-state index in [4.69, 9.17) is 9.47 Å². The van der Waals surface area contributed by atoms with Crippen molar-refractivity contribution >= 4 is 5.97 Å². The van der Waals surface area contributed by atoms with Crippen LogP contribution in [-0.2, 0) is 14.3 Å². The first-order valence-electron chi connectivity index (χ1n) is 6.51. The summed E-state index contributed by atoms with van der Waals surface area (Å²) in [7, 11) is 1.40. The summed E-state index contributed by atoms with van der Waals surface area (Å²) >= 11 is 0. The van der Waals surface area contributed by atoms with Crippen molar-refractivity contribution in [1.29, 1.82) is 0 Å². The number of carbonyl (C=O) groups is 1. The van der Waals surface area contributed by atoms with Gasteiger partial charge in [0.1, 0.15) is 0 Å². The number of esters is 1. The van der Waals surface area contributed by atoms with Crippen LogP contribution in [0.2, 0.25) is 0 Å². The molecule has 1 aliphatic heterocycles. The SMILES string of the molecule is COC(=O)C1COC2(O)CCC3(C)C=C[C@H]1C32C. The van der Waals surface area contributed by atoms with Gasteiger partial charge in [-0.05, 0) is 11.8 Å². The summed E-state index contributed by atoms with van der Waals surface area (Å²) in [5, 5.41) is 10.8. The molecular weight excluding hydrogens is 232 g/mol. The van der Waals surface area contributed by atoms with E-state index in [0.29, 0.717) is 6.42 Å². The topological polar surface area (TPSA) is 55.8 Å². The number of ether oxygens (including phenoxy) is 2. The van der Waals surface area contributed by atoms with Crippen molar-refractivity contribution in [2.75, 3.05) is 13.7 Å². The van der Waals surface area contributed by atoms with Gasteiger partial charge in [0.25, 0.3) is 0 Å². The second-order valence-corrected chi connectivity index (χ2v) is 6.23. The second kappa shape index (κ2) is 3.36. The minimum absolute atomic E-state index is 0.00352. The van der Waals surface area contributed by atoms with Crippen LogP contribution in [-0.4, -0.2) is 30.6 Å². The average molecular weight is 252 g/mol. The molecule has 4 nitrogen and oxygen atoms in total. The Morgan fingerprint density at radius 2 is 2.17 bits per heavy atom. The lowest BCUT2D eigenvalue weighted by Gasteiger charge is -2.52. The van der Waals surface area contributed by atoms with Crippen LogP contribution in [0.15, 0.2) is 12.2 Å². The molecule has 0 aromatic heterocycles. The molecule has 4 heteroatoms. The molecule has 4 unspecified atom stereocenters. The van der Waals surface area contributed by atoms with Crippen molar-refractivity contribution in [2.24, 2.45) is 22.7 Å². The zero-order valence-electron chi connectivity index (χ0n) is 11.1. The van der Waals surface area contributed by atoms with Crippen molar-refractivity contribution in [1.82, 2.24) is 0 Å². The fraction of sp³-hybridized carbons (Fsp3) is 0.786. The van der Waals surface area contributed by atoms with Gasteiger partial charge in [0.2, 0.25) is 0 Å². The second-order valence-electron chi connectivity index (χ2n) is 6.23. The van der Waals surface area contributed by atoms with Crippen LogP contribution in [0.4, 0.5) is 0 Å². The zero-order valence-corrected chi connectivity index (χ0v) is 11.1. The van der Waals surface area contributed by atoms with Gasteiger partial charge in [-0.3, -0.25) is 4.79 Å². The zero-order chi connectivity index (χ0) is 13.2. The summed E-state index contributed by atoms with van der Waals surface area (Å²) in [5.74, 6) is -1.67. The number of allylic oxidation sites excluding steroid dienone is 2. The van der Waals surface area contributed by atoms with Crippen LogP contribution in [0.5, 0.6) is 0 Å². The lowest BCUT2D eigenvalue weighted by molar-refractivity contribution is -0.310. The lowest BCUT2D eigenvalue weighted by Crippen LogP contribution is -2.59. The van der Waals surface area contributed by atoms with Gasteiger partial charge in [0.15, 0.2) is 5.79 Å². The first-order chi connectivity index (χ1) is 8.38. The van der Waals surface area contributed by atoms with E-state index in [1.165, 1.54) is 7.11 Å². The molecule has 1 saturated carbocycles. The van der Waals surface area contributed by atoms with Crippen molar-refractivity contribution < 1.29 is 19.4 Å². The van der Waals surface area contributed by atoms with E-state index in [1.54, 1.807) is 0 Å². The first kappa shape index (κ1) is 12.2. The lowest BCUT2D eigenvalue weighted by atomic mass is 9.59. The van der Waals surface area contributed by atoms with E-state index in [9.17, 15) is 9.90 Å². The molecule has 0 spiro atoms. The maximum Gasteiger partial charge on any atom is 0.311 e. The smallest absolute Gasteiger partial charge is 0.311 e. The number of hydrogen-bond acceptors (Lipinski definition) is 4. The van der Waals surface area contributed by atoms with E-state index in [1.807, 2.05) is 6.92 Å². The number of methoxy groups -OCH3 is 1. The fourth-order valence-corrected chi connectivity index (χ4v) is 4.26. The molecule has 100 valence electrons. The Morgan fingerprint density at radius 1 is 1.44 bits per heavy atom. The monoisotopic (exact) mass is 252 g/mol. The third-order valence-corrected chi connectivity index (χ3v) is 5.76. The third-order valence-electron chi connectivity index (χ3n) is 5.76. The highest BCUT2D eigenvalue weighted by Crippen LogP contribution is 2.69. The van der Waals surface area contributed by atoms with Crippen LogP contribution < -0.4 is 0 Å². The predicted octanol–water partition coefficient (Wildman–Crippen LogP) is 1.49. The van der Waals surface area contributed by atoms with Crippen molar-refractivity contribution in [3.63, 3.8) is 0 Å². The quantitative estimate of drug-likeness (QED) is 0.567.